The van der Waals surface area contributed by atoms with E-state index < -0.39 is 0 Å². The highest BCUT2D eigenvalue weighted by atomic mass is 79.9. The average molecular weight is 414 g/mol. The summed E-state index contributed by atoms with van der Waals surface area (Å²) < 4.78 is 7.93. The lowest BCUT2D eigenvalue weighted by atomic mass is 10.0. The van der Waals surface area contributed by atoms with Gasteiger partial charge in [0.2, 0.25) is 0 Å². The highest BCUT2D eigenvalue weighted by Gasteiger charge is 2.09. The maximum absolute atomic E-state index is 6.06. The zero-order chi connectivity index (χ0) is 15.2. The molecule has 1 atom stereocenters. The van der Waals surface area contributed by atoms with Crippen LogP contribution in [0.15, 0.2) is 45.6 Å². The first-order chi connectivity index (χ1) is 10.1. The Morgan fingerprint density at radius 2 is 2.00 bits per heavy atom. The standard InChI is InChI=1S/C16H18Br2N2O/c1-2-15(19)7-12-6-13(17)3-4-16(12)21-10-11-5-14(18)9-20-8-11/h3-6,8-9,15H,2,7,10,19H2,1H3. The van der Waals surface area contributed by atoms with Crippen LogP contribution >= 0.6 is 31.9 Å². The molecule has 2 N–H and O–H groups in total. The lowest BCUT2D eigenvalue weighted by molar-refractivity contribution is 0.301. The van der Waals surface area contributed by atoms with Gasteiger partial charge in [0.05, 0.1) is 0 Å². The zero-order valence-corrected chi connectivity index (χ0v) is 15.0. The van der Waals surface area contributed by atoms with Crippen molar-refractivity contribution in [2.24, 2.45) is 5.73 Å². The molecule has 0 fully saturated rings. The largest absolute Gasteiger partial charge is 0.489 e. The van der Waals surface area contributed by atoms with Crippen LogP contribution in [0.3, 0.4) is 0 Å². The van der Waals surface area contributed by atoms with E-state index in [1.807, 2.05) is 18.2 Å². The molecule has 3 nitrogen and oxygen atoms in total. The lowest BCUT2D eigenvalue weighted by Crippen LogP contribution is -2.21. The topological polar surface area (TPSA) is 48.1 Å². The summed E-state index contributed by atoms with van der Waals surface area (Å²) in [7, 11) is 0. The summed E-state index contributed by atoms with van der Waals surface area (Å²) in [5, 5.41) is 0. The molecular formula is C16H18Br2N2O. The SMILES string of the molecule is CCC(N)Cc1cc(Br)ccc1OCc1cncc(Br)c1. The van der Waals surface area contributed by atoms with Crippen LogP contribution in [0.2, 0.25) is 0 Å². The second-order valence-corrected chi connectivity index (χ2v) is 6.76. The van der Waals surface area contributed by atoms with Gasteiger partial charge in [-0.2, -0.15) is 0 Å². The Hall–Kier alpha value is -0.910. The van der Waals surface area contributed by atoms with Crippen LogP contribution in [0.4, 0.5) is 0 Å². The van der Waals surface area contributed by atoms with Crippen LogP contribution < -0.4 is 10.5 Å². The van der Waals surface area contributed by atoms with Gasteiger partial charge in [0.25, 0.3) is 0 Å². The second kappa shape index (κ2) is 7.92. The van der Waals surface area contributed by atoms with Crippen LogP contribution in [0.1, 0.15) is 24.5 Å². The first-order valence-corrected chi connectivity index (χ1v) is 8.43. The first kappa shape index (κ1) is 16.5. The van der Waals surface area contributed by atoms with Crippen molar-refractivity contribution in [1.82, 2.24) is 4.98 Å². The van der Waals surface area contributed by atoms with Crippen molar-refractivity contribution in [1.29, 1.82) is 0 Å². The lowest BCUT2D eigenvalue weighted by Gasteiger charge is -2.15. The normalized spacial score (nSPS) is 12.2. The van der Waals surface area contributed by atoms with Crippen LogP contribution in [-0.4, -0.2) is 11.0 Å². The zero-order valence-electron chi connectivity index (χ0n) is 11.9. The third-order valence-corrected chi connectivity index (χ3v) is 4.11. The number of ether oxygens (including phenoxy) is 1. The van der Waals surface area contributed by atoms with Gasteiger partial charge in [-0.15, -0.1) is 0 Å². The number of pyridine rings is 1. The Balaban J connectivity index is 2.11. The van der Waals surface area contributed by atoms with Crippen molar-refractivity contribution >= 4 is 31.9 Å². The molecule has 0 bridgehead atoms. The fraction of sp³-hybridized carbons (Fsp3) is 0.312. The molecule has 0 amide bonds. The van der Waals surface area contributed by atoms with E-state index in [0.717, 1.165) is 38.7 Å². The van der Waals surface area contributed by atoms with E-state index >= 15 is 0 Å². The summed E-state index contributed by atoms with van der Waals surface area (Å²) in [6.07, 6.45) is 5.32. The molecule has 0 saturated heterocycles. The fourth-order valence-corrected chi connectivity index (χ4v) is 2.79. The van der Waals surface area contributed by atoms with E-state index in [9.17, 15) is 0 Å². The van der Waals surface area contributed by atoms with Gasteiger partial charge in [-0.25, -0.2) is 0 Å². The molecule has 5 heteroatoms. The van der Waals surface area contributed by atoms with E-state index in [1.165, 1.54) is 0 Å². The van der Waals surface area contributed by atoms with Gasteiger partial charge in [-0.05, 0) is 58.6 Å². The molecule has 21 heavy (non-hydrogen) atoms. The minimum Gasteiger partial charge on any atom is -0.489 e. The van der Waals surface area contributed by atoms with Gasteiger partial charge >= 0.3 is 0 Å². The highest BCUT2D eigenvalue weighted by molar-refractivity contribution is 9.10. The third kappa shape index (κ3) is 5.09. The molecule has 0 radical (unpaired) electrons. The van der Waals surface area contributed by atoms with E-state index in [2.05, 4.69) is 49.8 Å². The minimum atomic E-state index is 0.147. The number of benzene rings is 1. The molecule has 2 aromatic rings. The van der Waals surface area contributed by atoms with E-state index in [1.54, 1.807) is 12.4 Å². The molecule has 1 heterocycles. The van der Waals surface area contributed by atoms with Crippen LogP contribution in [0, 0.1) is 0 Å². The quantitative estimate of drug-likeness (QED) is 0.760. The predicted octanol–water partition coefficient (Wildman–Crippen LogP) is 4.47. The molecule has 0 aliphatic rings. The van der Waals surface area contributed by atoms with Gasteiger partial charge in [0.1, 0.15) is 12.4 Å². The summed E-state index contributed by atoms with van der Waals surface area (Å²) in [4.78, 5) is 4.14. The number of rotatable bonds is 6. The van der Waals surface area contributed by atoms with Crippen molar-refractivity contribution < 1.29 is 4.74 Å². The van der Waals surface area contributed by atoms with E-state index in [-0.39, 0.29) is 6.04 Å². The molecule has 0 saturated carbocycles. The Labute approximate surface area is 142 Å². The third-order valence-electron chi connectivity index (χ3n) is 3.18. The molecule has 1 unspecified atom stereocenters. The maximum atomic E-state index is 6.06. The van der Waals surface area contributed by atoms with E-state index in [0.29, 0.717) is 6.61 Å². The van der Waals surface area contributed by atoms with Crippen molar-refractivity contribution in [2.75, 3.05) is 0 Å². The maximum Gasteiger partial charge on any atom is 0.123 e. The van der Waals surface area contributed by atoms with Crippen LogP contribution in [0.25, 0.3) is 0 Å². The van der Waals surface area contributed by atoms with Gasteiger partial charge in [0.15, 0.2) is 0 Å². The van der Waals surface area contributed by atoms with Crippen molar-refractivity contribution in [3.8, 4) is 5.75 Å². The van der Waals surface area contributed by atoms with Crippen molar-refractivity contribution in [3.05, 3.63) is 56.7 Å². The highest BCUT2D eigenvalue weighted by Crippen LogP contribution is 2.25. The summed E-state index contributed by atoms with van der Waals surface area (Å²) in [5.74, 6) is 0.877. The number of nitrogens with zero attached hydrogens (tertiary/aromatic N) is 1. The molecule has 0 aliphatic heterocycles. The summed E-state index contributed by atoms with van der Waals surface area (Å²) in [6.45, 7) is 2.58. The van der Waals surface area contributed by atoms with E-state index in [4.69, 9.17) is 10.5 Å². The van der Waals surface area contributed by atoms with Crippen LogP contribution in [0.5, 0.6) is 5.75 Å². The second-order valence-electron chi connectivity index (χ2n) is 4.92. The summed E-state index contributed by atoms with van der Waals surface area (Å²) >= 11 is 6.91. The summed E-state index contributed by atoms with van der Waals surface area (Å²) in [6, 6.07) is 8.19. The van der Waals surface area contributed by atoms with Crippen molar-refractivity contribution in [3.63, 3.8) is 0 Å². The summed E-state index contributed by atoms with van der Waals surface area (Å²) in [5.41, 5.74) is 8.22. The average Bonchev–Trinajstić information content (AvgIpc) is 2.46. The van der Waals surface area contributed by atoms with Gasteiger partial charge < -0.3 is 10.5 Å². The molecule has 112 valence electrons. The molecular weight excluding hydrogens is 396 g/mol. The first-order valence-electron chi connectivity index (χ1n) is 6.84. The smallest absolute Gasteiger partial charge is 0.123 e. The predicted molar refractivity (Wildman–Crippen MR) is 92.4 cm³/mol. The van der Waals surface area contributed by atoms with Gasteiger partial charge in [-0.3, -0.25) is 4.98 Å². The molecule has 0 spiro atoms. The molecule has 0 aliphatic carbocycles. The Bertz CT molecular complexity index is 605. The number of halogens is 2. The Kier molecular flexibility index (Phi) is 6.21. The molecule has 1 aromatic heterocycles. The fourth-order valence-electron chi connectivity index (χ4n) is 1.97. The number of hydrogen-bond acceptors (Lipinski definition) is 3. The number of hydrogen-bond donors (Lipinski definition) is 1. The van der Waals surface area contributed by atoms with Gasteiger partial charge in [-0.1, -0.05) is 22.9 Å². The molecule has 2 rings (SSSR count). The number of aromatic nitrogens is 1. The monoisotopic (exact) mass is 412 g/mol. The number of nitrogens with two attached hydrogens (primary N) is 1. The Morgan fingerprint density at radius 3 is 2.71 bits per heavy atom. The van der Waals surface area contributed by atoms with Crippen molar-refractivity contribution in [2.45, 2.75) is 32.4 Å². The van der Waals surface area contributed by atoms with Crippen LogP contribution in [-0.2, 0) is 13.0 Å². The van der Waals surface area contributed by atoms with Gasteiger partial charge in [0, 0.05) is 32.9 Å². The minimum absolute atomic E-state index is 0.147. The molecule has 1 aromatic carbocycles. The Morgan fingerprint density at radius 1 is 1.19 bits per heavy atom.